The number of carbonyl (C=O) groups excluding carboxylic acids is 1. The maximum Gasteiger partial charge on any atom is 0.227 e. The molecule has 0 saturated carbocycles. The van der Waals surface area contributed by atoms with Crippen molar-refractivity contribution in [1.29, 1.82) is 0 Å². The number of nitrogens with zero attached hydrogens (tertiary/aromatic N) is 3. The summed E-state index contributed by atoms with van der Waals surface area (Å²) < 4.78 is 1.90. The van der Waals surface area contributed by atoms with E-state index in [2.05, 4.69) is 17.4 Å². The molecule has 1 atom stereocenters. The van der Waals surface area contributed by atoms with Crippen LogP contribution in [0.5, 0.6) is 0 Å². The lowest BCUT2D eigenvalue weighted by molar-refractivity contribution is -0.134. The van der Waals surface area contributed by atoms with Gasteiger partial charge in [-0.15, -0.1) is 0 Å². The highest BCUT2D eigenvalue weighted by atomic mass is 16.2. The number of nitrogens with one attached hydrogen (secondary N) is 1. The number of benzene rings is 2. The van der Waals surface area contributed by atoms with Crippen molar-refractivity contribution in [3.8, 4) is 16.9 Å². The smallest absolute Gasteiger partial charge is 0.227 e. The van der Waals surface area contributed by atoms with Gasteiger partial charge in [0.1, 0.15) is 0 Å². The van der Waals surface area contributed by atoms with Crippen molar-refractivity contribution in [2.24, 2.45) is 5.92 Å². The Morgan fingerprint density at radius 1 is 1.15 bits per heavy atom. The number of aromatic nitrogens is 2. The maximum atomic E-state index is 12.7. The molecule has 138 valence electrons. The van der Waals surface area contributed by atoms with Crippen molar-refractivity contribution >= 4 is 5.91 Å². The van der Waals surface area contributed by atoms with Crippen LogP contribution in [0, 0.1) is 5.92 Å². The minimum absolute atomic E-state index is 0.0827. The van der Waals surface area contributed by atoms with Crippen LogP contribution in [0.25, 0.3) is 16.9 Å². The lowest BCUT2D eigenvalue weighted by Crippen LogP contribution is -2.33. The molecule has 5 heteroatoms. The van der Waals surface area contributed by atoms with E-state index in [9.17, 15) is 4.79 Å². The van der Waals surface area contributed by atoms with Gasteiger partial charge in [-0.3, -0.25) is 4.79 Å². The van der Waals surface area contributed by atoms with E-state index in [1.165, 1.54) is 0 Å². The van der Waals surface area contributed by atoms with Crippen molar-refractivity contribution in [1.82, 2.24) is 20.0 Å². The second-order valence-corrected chi connectivity index (χ2v) is 7.03. The molecule has 0 aliphatic carbocycles. The minimum Gasteiger partial charge on any atom is -0.341 e. The summed E-state index contributed by atoms with van der Waals surface area (Å²) in [5.74, 6) is 0.283. The van der Waals surface area contributed by atoms with Gasteiger partial charge in [0.25, 0.3) is 0 Å². The summed E-state index contributed by atoms with van der Waals surface area (Å²) in [5, 5.41) is 8.10. The second-order valence-electron chi connectivity index (χ2n) is 7.03. The van der Waals surface area contributed by atoms with Gasteiger partial charge in [-0.2, -0.15) is 5.10 Å². The summed E-state index contributed by atoms with van der Waals surface area (Å²) in [6, 6.07) is 20.2. The SMILES string of the molecule is CN(Cc1cn(-c2ccccc2)nc1-c1ccccc1)C(=O)C1CCNC1. The summed E-state index contributed by atoms with van der Waals surface area (Å²) in [5.41, 5.74) is 4.04. The Kier molecular flexibility index (Phi) is 5.03. The Labute approximate surface area is 159 Å². The van der Waals surface area contributed by atoms with Crippen LogP contribution in [0.15, 0.2) is 66.9 Å². The Bertz CT molecular complexity index is 899. The van der Waals surface area contributed by atoms with Crippen LogP contribution in [0.2, 0.25) is 0 Å². The fraction of sp³-hybridized carbons (Fsp3) is 0.273. The van der Waals surface area contributed by atoms with E-state index in [0.29, 0.717) is 6.54 Å². The lowest BCUT2D eigenvalue weighted by Gasteiger charge is -2.20. The van der Waals surface area contributed by atoms with E-state index in [-0.39, 0.29) is 11.8 Å². The third-order valence-corrected chi connectivity index (χ3v) is 5.05. The third-order valence-electron chi connectivity index (χ3n) is 5.05. The average molecular weight is 360 g/mol. The first-order valence-corrected chi connectivity index (χ1v) is 9.37. The van der Waals surface area contributed by atoms with Gasteiger partial charge in [0.2, 0.25) is 5.91 Å². The molecule has 0 bridgehead atoms. The molecule has 1 amide bonds. The van der Waals surface area contributed by atoms with Gasteiger partial charge < -0.3 is 10.2 Å². The number of rotatable bonds is 5. The molecule has 1 aromatic heterocycles. The molecule has 1 N–H and O–H groups in total. The Hall–Kier alpha value is -2.92. The Morgan fingerprint density at radius 3 is 2.52 bits per heavy atom. The van der Waals surface area contributed by atoms with Crippen molar-refractivity contribution in [3.05, 3.63) is 72.4 Å². The molecule has 2 aromatic carbocycles. The largest absolute Gasteiger partial charge is 0.341 e. The van der Waals surface area contributed by atoms with Crippen molar-refractivity contribution in [2.45, 2.75) is 13.0 Å². The van der Waals surface area contributed by atoms with E-state index in [4.69, 9.17) is 5.10 Å². The molecule has 1 fully saturated rings. The molecule has 27 heavy (non-hydrogen) atoms. The summed E-state index contributed by atoms with van der Waals surface area (Å²) in [4.78, 5) is 14.6. The zero-order valence-electron chi connectivity index (χ0n) is 15.5. The highest BCUT2D eigenvalue weighted by Crippen LogP contribution is 2.25. The first-order chi connectivity index (χ1) is 13.2. The summed E-state index contributed by atoms with van der Waals surface area (Å²) in [7, 11) is 1.88. The fourth-order valence-corrected chi connectivity index (χ4v) is 3.59. The van der Waals surface area contributed by atoms with Crippen molar-refractivity contribution in [2.75, 3.05) is 20.1 Å². The predicted molar refractivity (Wildman–Crippen MR) is 106 cm³/mol. The zero-order valence-corrected chi connectivity index (χ0v) is 15.5. The van der Waals surface area contributed by atoms with E-state index < -0.39 is 0 Å². The molecule has 1 saturated heterocycles. The van der Waals surface area contributed by atoms with Crippen LogP contribution in [0.3, 0.4) is 0 Å². The Balaban J connectivity index is 1.65. The zero-order chi connectivity index (χ0) is 18.6. The molecule has 0 spiro atoms. The van der Waals surface area contributed by atoms with Crippen LogP contribution < -0.4 is 5.32 Å². The fourth-order valence-electron chi connectivity index (χ4n) is 3.59. The molecule has 2 heterocycles. The van der Waals surface area contributed by atoms with Crippen molar-refractivity contribution < 1.29 is 4.79 Å². The number of hydrogen-bond donors (Lipinski definition) is 1. The van der Waals surface area contributed by atoms with E-state index in [1.807, 2.05) is 71.4 Å². The maximum absolute atomic E-state index is 12.7. The topological polar surface area (TPSA) is 50.2 Å². The van der Waals surface area contributed by atoms with Crippen LogP contribution >= 0.6 is 0 Å². The lowest BCUT2D eigenvalue weighted by atomic mass is 10.1. The molecular weight excluding hydrogens is 336 g/mol. The highest BCUT2D eigenvalue weighted by Gasteiger charge is 2.26. The normalized spacial score (nSPS) is 16.4. The highest BCUT2D eigenvalue weighted by molar-refractivity contribution is 5.79. The van der Waals surface area contributed by atoms with E-state index >= 15 is 0 Å². The first-order valence-electron chi connectivity index (χ1n) is 9.37. The molecule has 0 radical (unpaired) electrons. The number of carbonyl (C=O) groups is 1. The van der Waals surface area contributed by atoms with Gasteiger partial charge >= 0.3 is 0 Å². The third kappa shape index (κ3) is 3.78. The molecule has 1 unspecified atom stereocenters. The quantitative estimate of drug-likeness (QED) is 0.761. The molecule has 1 aliphatic rings. The van der Waals surface area contributed by atoms with E-state index in [1.54, 1.807) is 0 Å². The van der Waals surface area contributed by atoms with Gasteiger partial charge in [-0.05, 0) is 25.1 Å². The second kappa shape index (κ2) is 7.76. The average Bonchev–Trinajstić information content (AvgIpc) is 3.39. The van der Waals surface area contributed by atoms with Gasteiger partial charge in [0.05, 0.1) is 17.3 Å². The molecule has 3 aromatic rings. The summed E-state index contributed by atoms with van der Waals surface area (Å²) in [6.45, 7) is 2.25. The number of amides is 1. The van der Waals surface area contributed by atoms with Crippen molar-refractivity contribution in [3.63, 3.8) is 0 Å². The van der Waals surface area contributed by atoms with E-state index in [0.717, 1.165) is 42.0 Å². The summed E-state index contributed by atoms with van der Waals surface area (Å²) in [6.07, 6.45) is 2.95. The van der Waals surface area contributed by atoms with Crippen LogP contribution in [0.1, 0.15) is 12.0 Å². The summed E-state index contributed by atoms with van der Waals surface area (Å²) >= 11 is 0. The van der Waals surface area contributed by atoms with Crippen LogP contribution in [-0.2, 0) is 11.3 Å². The van der Waals surface area contributed by atoms with Gasteiger partial charge in [-0.25, -0.2) is 4.68 Å². The van der Waals surface area contributed by atoms with Gasteiger partial charge in [0, 0.05) is 37.5 Å². The predicted octanol–water partition coefficient (Wildman–Crippen LogP) is 3.11. The minimum atomic E-state index is 0.0827. The molecule has 5 nitrogen and oxygen atoms in total. The van der Waals surface area contributed by atoms with Gasteiger partial charge in [0.15, 0.2) is 0 Å². The Morgan fingerprint density at radius 2 is 1.85 bits per heavy atom. The molecule has 4 rings (SSSR count). The van der Waals surface area contributed by atoms with Crippen LogP contribution in [-0.4, -0.2) is 40.7 Å². The molecular formula is C22H24N4O. The number of hydrogen-bond acceptors (Lipinski definition) is 3. The molecule has 1 aliphatic heterocycles. The standard InChI is InChI=1S/C22H24N4O/c1-25(22(27)18-12-13-23-14-18)15-19-16-26(20-10-6-3-7-11-20)24-21(19)17-8-4-2-5-9-17/h2-11,16,18,23H,12-15H2,1H3. The van der Waals surface area contributed by atoms with Gasteiger partial charge in [-0.1, -0.05) is 48.5 Å². The first kappa shape index (κ1) is 17.5. The monoisotopic (exact) mass is 360 g/mol. The number of para-hydroxylation sites is 1. The van der Waals surface area contributed by atoms with Crippen LogP contribution in [0.4, 0.5) is 0 Å².